The van der Waals surface area contributed by atoms with Gasteiger partial charge >= 0.3 is 39.5 Å². The predicted molar refractivity (Wildman–Crippen MR) is 436 cm³/mol. The van der Waals surface area contributed by atoms with Gasteiger partial charge in [-0.3, -0.25) is 37.3 Å². The lowest BCUT2D eigenvalue weighted by molar-refractivity contribution is -0.161. The third kappa shape index (κ3) is 76.6. The van der Waals surface area contributed by atoms with E-state index in [2.05, 4.69) is 167 Å². The molecule has 0 saturated heterocycles. The smallest absolute Gasteiger partial charge is 0.462 e. The van der Waals surface area contributed by atoms with E-state index in [1.54, 1.807) is 0 Å². The average molecular weight is 1520 g/mol. The summed E-state index contributed by atoms with van der Waals surface area (Å²) in [6.45, 7) is 4.49. The van der Waals surface area contributed by atoms with Crippen molar-refractivity contribution in [1.82, 2.24) is 0 Å². The van der Waals surface area contributed by atoms with Crippen LogP contribution in [0.15, 0.2) is 170 Å². The molecule has 0 aromatic carbocycles. The summed E-state index contributed by atoms with van der Waals surface area (Å²) in [5.74, 6) is -2.38. The van der Waals surface area contributed by atoms with Crippen LogP contribution >= 0.6 is 15.6 Å². The summed E-state index contributed by atoms with van der Waals surface area (Å²) in [5.41, 5.74) is 0. The van der Waals surface area contributed by atoms with Crippen molar-refractivity contribution in [3.63, 3.8) is 0 Å². The molecule has 0 spiro atoms. The predicted octanol–water partition coefficient (Wildman–Crippen LogP) is 23.8. The first-order chi connectivity index (χ1) is 51.7. The molecule has 2 unspecified atom stereocenters. The molecule has 0 aliphatic rings. The molecule has 0 aliphatic heterocycles. The summed E-state index contributed by atoms with van der Waals surface area (Å²) in [4.78, 5) is 73.0. The summed E-state index contributed by atoms with van der Waals surface area (Å²) in [7, 11) is -10.0. The van der Waals surface area contributed by atoms with E-state index in [0.717, 1.165) is 148 Å². The summed E-state index contributed by atoms with van der Waals surface area (Å²) >= 11 is 0. The fourth-order valence-electron chi connectivity index (χ4n) is 10.0. The number of esters is 4. The molecule has 3 N–H and O–H groups in total. The third-order valence-electron chi connectivity index (χ3n) is 16.1. The van der Waals surface area contributed by atoms with Crippen LogP contribution in [-0.2, 0) is 65.4 Å². The van der Waals surface area contributed by atoms with Gasteiger partial charge in [0.05, 0.1) is 26.4 Å². The van der Waals surface area contributed by atoms with Crippen LogP contribution in [0, 0.1) is 0 Å². The largest absolute Gasteiger partial charge is 0.472 e. The number of rotatable bonds is 74. The molecule has 0 rings (SSSR count). The second-order valence-corrected chi connectivity index (χ2v) is 29.2. The molecule has 5 atom stereocenters. The minimum atomic E-state index is -5.01. The van der Waals surface area contributed by atoms with E-state index in [1.165, 1.54) is 57.8 Å². The van der Waals surface area contributed by atoms with Crippen molar-refractivity contribution in [2.24, 2.45) is 0 Å². The minimum absolute atomic E-state index is 0.00884. The molecule has 0 aromatic heterocycles. The lowest BCUT2D eigenvalue weighted by Crippen LogP contribution is -2.30. The number of allylic oxidation sites excluding steroid dienone is 28. The number of hydrogen-bond acceptors (Lipinski definition) is 15. The number of unbranched alkanes of at least 4 members (excludes halogenated alkanes) is 20. The molecule has 0 aliphatic carbocycles. The normalized spacial score (nSPS) is 14.7. The summed E-state index contributed by atoms with van der Waals surface area (Å²) in [6.07, 6.45) is 92.1. The van der Waals surface area contributed by atoms with E-state index >= 15 is 0 Å². The minimum Gasteiger partial charge on any atom is -0.462 e. The molecule has 0 radical (unpaired) electrons. The molecule has 0 saturated carbocycles. The highest BCUT2D eigenvalue weighted by molar-refractivity contribution is 7.47. The van der Waals surface area contributed by atoms with Crippen molar-refractivity contribution < 1.29 is 80.2 Å². The zero-order valence-electron chi connectivity index (χ0n) is 65.8. The van der Waals surface area contributed by atoms with E-state index in [4.69, 9.17) is 37.0 Å². The van der Waals surface area contributed by atoms with Crippen LogP contribution in [0.2, 0.25) is 0 Å². The number of aliphatic hydroxyl groups is 1. The number of carbonyl (C=O) groups excluding carboxylic acids is 4. The van der Waals surface area contributed by atoms with E-state index in [1.807, 2.05) is 30.4 Å². The Morgan fingerprint density at radius 2 is 0.519 bits per heavy atom. The van der Waals surface area contributed by atoms with Gasteiger partial charge in [0.15, 0.2) is 12.2 Å². The maximum atomic E-state index is 13.1. The lowest BCUT2D eigenvalue weighted by Gasteiger charge is -2.21. The van der Waals surface area contributed by atoms with Crippen LogP contribution < -0.4 is 0 Å². The number of ether oxygens (including phenoxy) is 4. The van der Waals surface area contributed by atoms with Crippen molar-refractivity contribution in [3.8, 4) is 0 Å². The van der Waals surface area contributed by atoms with Gasteiger partial charge in [-0.2, -0.15) is 0 Å². The van der Waals surface area contributed by atoms with Gasteiger partial charge in [0, 0.05) is 25.7 Å². The Kier molecular flexibility index (Phi) is 73.5. The Morgan fingerprint density at radius 1 is 0.274 bits per heavy atom. The molecule has 106 heavy (non-hydrogen) atoms. The number of aliphatic hydroxyl groups excluding tert-OH is 1. The zero-order chi connectivity index (χ0) is 77.4. The van der Waals surface area contributed by atoms with E-state index in [-0.39, 0.29) is 25.7 Å². The van der Waals surface area contributed by atoms with Crippen LogP contribution in [0.25, 0.3) is 0 Å². The summed E-state index contributed by atoms with van der Waals surface area (Å²) < 4.78 is 68.5. The molecule has 17 nitrogen and oxygen atoms in total. The van der Waals surface area contributed by atoms with Gasteiger partial charge in [-0.05, 0) is 167 Å². The van der Waals surface area contributed by atoms with Crippen molar-refractivity contribution in [2.45, 2.75) is 316 Å². The molecule has 0 aromatic rings. The summed E-state index contributed by atoms with van der Waals surface area (Å²) in [6, 6.07) is 0. The lowest BCUT2D eigenvalue weighted by atomic mass is 10.1. The highest BCUT2D eigenvalue weighted by Crippen LogP contribution is 2.45. The van der Waals surface area contributed by atoms with Gasteiger partial charge in [0.25, 0.3) is 0 Å². The van der Waals surface area contributed by atoms with Crippen molar-refractivity contribution in [3.05, 3.63) is 170 Å². The fraction of sp³-hybridized carbons (Fsp3) is 0.632. The van der Waals surface area contributed by atoms with Crippen LogP contribution in [0.1, 0.15) is 297 Å². The van der Waals surface area contributed by atoms with Crippen molar-refractivity contribution in [2.75, 3.05) is 39.6 Å². The Balaban J connectivity index is 5.52. The van der Waals surface area contributed by atoms with Gasteiger partial charge < -0.3 is 33.8 Å². The van der Waals surface area contributed by atoms with Gasteiger partial charge in [0.1, 0.15) is 19.3 Å². The molecule has 0 heterocycles. The first kappa shape index (κ1) is 100. The van der Waals surface area contributed by atoms with E-state index < -0.39 is 97.5 Å². The number of hydrogen-bond donors (Lipinski definition) is 3. The zero-order valence-corrected chi connectivity index (χ0v) is 67.6. The average Bonchev–Trinajstić information content (AvgIpc) is 0.905. The second kappa shape index (κ2) is 77.6. The molecule has 0 amide bonds. The Labute approximate surface area is 642 Å². The van der Waals surface area contributed by atoms with Gasteiger partial charge in [-0.25, -0.2) is 9.13 Å². The Hall–Kier alpha value is -5.58. The van der Waals surface area contributed by atoms with Crippen LogP contribution in [0.5, 0.6) is 0 Å². The number of phosphoric ester groups is 2. The SMILES string of the molecule is CC/C=C\C/C=C\C/C=C\C/C=C\C/C=C\C/C=C\CCC(=O)OC[C@H](COP(=O)(O)OC[C@@H](O)COP(=O)(O)OC[C@@H](COC(=O)CCCCCCC/C=C\C/C=C\CCCCC)OC(=O)CCC/C=C\C/C=C\C/C=C\C/C=C\CCCCC)OC(=O)CCCCCCC/C=C\C/C=C\CCCCC. The highest BCUT2D eigenvalue weighted by atomic mass is 31.2. The highest BCUT2D eigenvalue weighted by Gasteiger charge is 2.30. The second-order valence-electron chi connectivity index (χ2n) is 26.3. The third-order valence-corrected chi connectivity index (χ3v) is 18.0. The first-order valence-corrected chi connectivity index (χ1v) is 43.4. The van der Waals surface area contributed by atoms with E-state index in [0.29, 0.717) is 38.5 Å². The van der Waals surface area contributed by atoms with Crippen LogP contribution in [0.4, 0.5) is 0 Å². The maximum absolute atomic E-state index is 13.1. The maximum Gasteiger partial charge on any atom is 0.472 e. The standard InChI is InChI=1S/C87H142O17P2/c1-5-9-13-17-21-25-29-33-37-39-40-42-45-48-52-56-60-64-68-72-85(90)98-78-82(103-86(91)73-69-65-61-57-53-49-44-36-32-28-24-20-16-12-8-4)79-101-105(93,94)99-75-81(88)76-100-106(95,96)102-80-83(77-97-84(89)71-67-63-59-55-51-47-43-35-31-27-23-19-15-11-7-3)104-87(92)74-70-66-62-58-54-50-46-41-38-34-30-26-22-18-14-10-6-2/h9,13,21-28,33-38,40,42-44,46,48,50,52,58,60,62,64,81-83,88H,5-8,10-12,14-20,29-32,39,41,45,47,49,51,53-57,59,61,63,65-80H2,1-4H3,(H,93,94)(H,95,96)/b13-9-,25-21-,26-22-,27-23-,28-24-,37-33-,38-34-,42-40-,43-35-,44-36-,50-46-,52-48-,62-58-,64-60-/t81-,82-,83-/m1/s1. The molecular weight excluding hydrogens is 1380 g/mol. The number of carbonyl (C=O) groups is 4. The monoisotopic (exact) mass is 1520 g/mol. The van der Waals surface area contributed by atoms with Crippen LogP contribution in [0.3, 0.4) is 0 Å². The molecule has 0 bridgehead atoms. The van der Waals surface area contributed by atoms with Gasteiger partial charge in [-0.15, -0.1) is 0 Å². The molecule has 602 valence electrons. The molecule has 19 heteroatoms. The topological polar surface area (TPSA) is 237 Å². The van der Waals surface area contributed by atoms with Crippen molar-refractivity contribution >= 4 is 39.5 Å². The fourth-order valence-corrected chi connectivity index (χ4v) is 11.6. The Morgan fingerprint density at radius 3 is 0.849 bits per heavy atom. The van der Waals surface area contributed by atoms with E-state index in [9.17, 15) is 43.2 Å². The van der Waals surface area contributed by atoms with Gasteiger partial charge in [0.2, 0.25) is 0 Å². The number of phosphoric acid groups is 2. The van der Waals surface area contributed by atoms with Crippen molar-refractivity contribution in [1.29, 1.82) is 0 Å². The van der Waals surface area contributed by atoms with Crippen LogP contribution in [-0.4, -0.2) is 96.7 Å². The summed E-state index contributed by atoms with van der Waals surface area (Å²) in [5, 5.41) is 10.6. The first-order valence-electron chi connectivity index (χ1n) is 40.4. The van der Waals surface area contributed by atoms with Gasteiger partial charge in [-0.1, -0.05) is 275 Å². The molecule has 0 fully saturated rings. The quantitative estimate of drug-likeness (QED) is 0.0169. The molecular formula is C87H142O17P2. The Bertz CT molecular complexity index is 2680.